The van der Waals surface area contributed by atoms with Gasteiger partial charge >= 0.3 is 0 Å². The van der Waals surface area contributed by atoms with Gasteiger partial charge in [0.1, 0.15) is 0 Å². The van der Waals surface area contributed by atoms with Crippen LogP contribution >= 0.6 is 15.9 Å². The first kappa shape index (κ1) is 13.2. The average Bonchev–Trinajstić information content (AvgIpc) is 3.22. The zero-order valence-corrected chi connectivity index (χ0v) is 12.9. The monoisotopic (exact) mass is 321 g/mol. The molecule has 1 aromatic rings. The van der Waals surface area contributed by atoms with Crippen molar-refractivity contribution >= 4 is 27.4 Å². The molecule has 0 unspecified atom stereocenters. The molecule has 19 heavy (non-hydrogen) atoms. The quantitative estimate of drug-likeness (QED) is 0.729. The fourth-order valence-electron chi connectivity index (χ4n) is 2.56. The van der Waals surface area contributed by atoms with Crippen LogP contribution in [0.15, 0.2) is 22.7 Å². The third kappa shape index (κ3) is 3.38. The van der Waals surface area contributed by atoms with Crippen LogP contribution in [0.2, 0.25) is 0 Å². The van der Waals surface area contributed by atoms with E-state index in [1.807, 2.05) is 12.1 Å². The summed E-state index contributed by atoms with van der Waals surface area (Å²) in [5.41, 5.74) is 1.99. The molecule has 0 aromatic heterocycles. The molecular formula is C16H20BrNO. The van der Waals surface area contributed by atoms with Crippen LogP contribution in [-0.2, 0) is 0 Å². The Kier molecular flexibility index (Phi) is 3.66. The van der Waals surface area contributed by atoms with Gasteiger partial charge in [-0.1, -0.05) is 15.9 Å². The number of anilines is 1. The Morgan fingerprint density at radius 2 is 1.79 bits per heavy atom. The van der Waals surface area contributed by atoms with E-state index in [1.165, 1.54) is 25.7 Å². The molecule has 1 aromatic carbocycles. The third-order valence-corrected chi connectivity index (χ3v) is 4.52. The minimum atomic E-state index is 0.166. The Hall–Kier alpha value is -0.830. The van der Waals surface area contributed by atoms with E-state index >= 15 is 0 Å². The van der Waals surface area contributed by atoms with E-state index in [0.717, 1.165) is 40.6 Å². The van der Waals surface area contributed by atoms with Crippen LogP contribution in [0.1, 0.15) is 43.0 Å². The topological polar surface area (TPSA) is 20.3 Å². The van der Waals surface area contributed by atoms with Gasteiger partial charge in [-0.3, -0.25) is 4.79 Å². The summed E-state index contributed by atoms with van der Waals surface area (Å²) in [5, 5.41) is 0. The number of hydrogen-bond acceptors (Lipinski definition) is 2. The van der Waals surface area contributed by atoms with Crippen molar-refractivity contribution in [2.45, 2.75) is 32.6 Å². The second-order valence-corrected chi connectivity index (χ2v) is 6.93. The smallest absolute Gasteiger partial charge is 0.161 e. The highest BCUT2D eigenvalue weighted by Gasteiger charge is 2.30. The van der Waals surface area contributed by atoms with Crippen molar-refractivity contribution in [3.63, 3.8) is 0 Å². The molecule has 102 valence electrons. The predicted octanol–water partition coefficient (Wildman–Crippen LogP) is 4.28. The highest BCUT2D eigenvalue weighted by molar-refractivity contribution is 9.10. The van der Waals surface area contributed by atoms with Gasteiger partial charge in [-0.05, 0) is 62.6 Å². The Bertz CT molecular complexity index is 478. The maximum atomic E-state index is 11.8. The van der Waals surface area contributed by atoms with Gasteiger partial charge in [0, 0.05) is 28.8 Å². The fraction of sp³-hybridized carbons (Fsp3) is 0.562. The summed E-state index contributed by atoms with van der Waals surface area (Å²) in [6.07, 6.45) is 5.41. The molecule has 0 saturated heterocycles. The van der Waals surface area contributed by atoms with E-state index < -0.39 is 0 Å². The Morgan fingerprint density at radius 3 is 2.26 bits per heavy atom. The number of ketones is 1. The number of rotatable bonds is 6. The lowest BCUT2D eigenvalue weighted by Gasteiger charge is -2.27. The number of carbonyl (C=O) groups excluding carboxylic acids is 1. The van der Waals surface area contributed by atoms with Crippen LogP contribution in [0.3, 0.4) is 0 Å². The van der Waals surface area contributed by atoms with E-state index in [4.69, 9.17) is 0 Å². The van der Waals surface area contributed by atoms with Gasteiger partial charge in [-0.15, -0.1) is 0 Å². The molecule has 2 nitrogen and oxygen atoms in total. The standard InChI is InChI=1S/C16H20BrNO/c1-11(19)15-7-6-14(17)8-16(15)18(9-12-2-3-12)10-13-4-5-13/h6-8,12-13H,2-5,9-10H2,1H3. The first-order chi connectivity index (χ1) is 9.13. The minimum absolute atomic E-state index is 0.166. The van der Waals surface area contributed by atoms with Gasteiger partial charge in [-0.2, -0.15) is 0 Å². The molecule has 0 spiro atoms. The summed E-state index contributed by atoms with van der Waals surface area (Å²) < 4.78 is 1.06. The maximum Gasteiger partial charge on any atom is 0.161 e. The Morgan fingerprint density at radius 1 is 1.21 bits per heavy atom. The minimum Gasteiger partial charge on any atom is -0.370 e. The summed E-state index contributed by atoms with van der Waals surface area (Å²) in [5.74, 6) is 1.86. The third-order valence-electron chi connectivity index (χ3n) is 4.03. The van der Waals surface area contributed by atoms with Crippen molar-refractivity contribution in [1.82, 2.24) is 0 Å². The second kappa shape index (κ2) is 5.28. The summed E-state index contributed by atoms with van der Waals surface area (Å²) in [6.45, 7) is 3.90. The second-order valence-electron chi connectivity index (χ2n) is 6.01. The lowest BCUT2D eigenvalue weighted by Crippen LogP contribution is -2.29. The summed E-state index contributed by atoms with van der Waals surface area (Å²) in [6, 6.07) is 6.03. The largest absolute Gasteiger partial charge is 0.370 e. The van der Waals surface area contributed by atoms with Gasteiger partial charge in [0.05, 0.1) is 0 Å². The molecule has 3 heteroatoms. The van der Waals surface area contributed by atoms with Crippen LogP contribution in [0, 0.1) is 11.8 Å². The van der Waals surface area contributed by atoms with Crippen LogP contribution in [0.5, 0.6) is 0 Å². The molecule has 3 rings (SSSR count). The van der Waals surface area contributed by atoms with Crippen molar-refractivity contribution in [2.24, 2.45) is 11.8 Å². The molecule has 2 aliphatic rings. The number of benzene rings is 1. The molecule has 0 bridgehead atoms. The summed E-state index contributed by atoms with van der Waals surface area (Å²) in [7, 11) is 0. The normalized spacial score (nSPS) is 18.4. The molecule has 2 fully saturated rings. The molecule has 2 saturated carbocycles. The van der Waals surface area contributed by atoms with E-state index in [-0.39, 0.29) is 5.78 Å². The predicted molar refractivity (Wildman–Crippen MR) is 81.8 cm³/mol. The van der Waals surface area contributed by atoms with Gasteiger partial charge in [0.15, 0.2) is 5.78 Å². The van der Waals surface area contributed by atoms with E-state index in [0.29, 0.717) is 0 Å². The van der Waals surface area contributed by atoms with Crippen LogP contribution in [-0.4, -0.2) is 18.9 Å². The SMILES string of the molecule is CC(=O)c1ccc(Br)cc1N(CC1CC1)CC1CC1. The molecule has 0 amide bonds. The first-order valence-electron chi connectivity index (χ1n) is 7.19. The Balaban J connectivity index is 1.89. The molecule has 0 N–H and O–H groups in total. The zero-order valence-electron chi connectivity index (χ0n) is 11.4. The van der Waals surface area contributed by atoms with E-state index in [9.17, 15) is 4.79 Å². The van der Waals surface area contributed by atoms with Crippen molar-refractivity contribution in [3.8, 4) is 0 Å². The molecule has 0 heterocycles. The molecule has 0 aliphatic heterocycles. The summed E-state index contributed by atoms with van der Waals surface area (Å²) in [4.78, 5) is 14.3. The van der Waals surface area contributed by atoms with Gasteiger partial charge in [0.2, 0.25) is 0 Å². The highest BCUT2D eigenvalue weighted by Crippen LogP contribution is 2.37. The van der Waals surface area contributed by atoms with E-state index in [1.54, 1.807) is 6.92 Å². The van der Waals surface area contributed by atoms with Crippen molar-refractivity contribution in [1.29, 1.82) is 0 Å². The number of Topliss-reactive ketones (excluding diaryl/α,β-unsaturated/α-hetero) is 1. The van der Waals surface area contributed by atoms with Crippen LogP contribution in [0.4, 0.5) is 5.69 Å². The number of halogens is 1. The molecular weight excluding hydrogens is 302 g/mol. The maximum absolute atomic E-state index is 11.8. The number of hydrogen-bond donors (Lipinski definition) is 0. The first-order valence-corrected chi connectivity index (χ1v) is 7.98. The van der Waals surface area contributed by atoms with Crippen molar-refractivity contribution in [3.05, 3.63) is 28.2 Å². The molecule has 0 atom stereocenters. The summed E-state index contributed by atoms with van der Waals surface area (Å²) >= 11 is 3.54. The van der Waals surface area contributed by atoms with Gasteiger partial charge < -0.3 is 4.90 Å². The van der Waals surface area contributed by atoms with Crippen LogP contribution in [0.25, 0.3) is 0 Å². The van der Waals surface area contributed by atoms with Crippen molar-refractivity contribution < 1.29 is 4.79 Å². The highest BCUT2D eigenvalue weighted by atomic mass is 79.9. The molecule has 0 radical (unpaired) electrons. The molecule has 2 aliphatic carbocycles. The fourth-order valence-corrected chi connectivity index (χ4v) is 2.91. The zero-order chi connectivity index (χ0) is 13.4. The van der Waals surface area contributed by atoms with Gasteiger partial charge in [0.25, 0.3) is 0 Å². The lowest BCUT2D eigenvalue weighted by molar-refractivity contribution is 0.101. The van der Waals surface area contributed by atoms with Gasteiger partial charge in [-0.25, -0.2) is 0 Å². The van der Waals surface area contributed by atoms with Crippen LogP contribution < -0.4 is 4.90 Å². The number of nitrogens with zero attached hydrogens (tertiary/aromatic N) is 1. The van der Waals surface area contributed by atoms with Crippen molar-refractivity contribution in [2.75, 3.05) is 18.0 Å². The number of carbonyl (C=O) groups is 1. The Labute approximate surface area is 123 Å². The van der Waals surface area contributed by atoms with E-state index in [2.05, 4.69) is 26.9 Å². The lowest BCUT2D eigenvalue weighted by atomic mass is 10.1. The average molecular weight is 322 g/mol.